The van der Waals surface area contributed by atoms with Crippen molar-refractivity contribution >= 4 is 34.7 Å². The lowest BCUT2D eigenvalue weighted by Gasteiger charge is -2.03. The lowest BCUT2D eigenvalue weighted by molar-refractivity contribution is -0.384. The van der Waals surface area contributed by atoms with E-state index in [1.807, 2.05) is 28.8 Å². The summed E-state index contributed by atoms with van der Waals surface area (Å²) in [7, 11) is 0. The van der Waals surface area contributed by atoms with Crippen molar-refractivity contribution in [1.82, 2.24) is 14.6 Å². The van der Waals surface area contributed by atoms with Crippen molar-refractivity contribution in [3.8, 4) is 0 Å². The molecule has 0 atom stereocenters. The van der Waals surface area contributed by atoms with Crippen molar-refractivity contribution in [2.24, 2.45) is 0 Å². The molecular formula is C13H9ClN4O2S. The van der Waals surface area contributed by atoms with E-state index in [4.69, 9.17) is 11.6 Å². The summed E-state index contributed by atoms with van der Waals surface area (Å²) < 4.78 is 1.86. The SMILES string of the molecule is O=[N+]([O-])c1ccc(Cl)c(CSc2nnc3ccccn23)c1. The van der Waals surface area contributed by atoms with Crippen LogP contribution in [-0.2, 0) is 5.75 Å². The van der Waals surface area contributed by atoms with Gasteiger partial charge in [0.2, 0.25) is 0 Å². The Hall–Kier alpha value is -2.12. The van der Waals surface area contributed by atoms with Crippen molar-refractivity contribution in [2.75, 3.05) is 0 Å². The van der Waals surface area contributed by atoms with E-state index in [2.05, 4.69) is 10.2 Å². The average Bonchev–Trinajstić information content (AvgIpc) is 2.89. The van der Waals surface area contributed by atoms with Crippen LogP contribution in [0.2, 0.25) is 5.02 Å². The number of aromatic nitrogens is 3. The van der Waals surface area contributed by atoms with Crippen LogP contribution >= 0.6 is 23.4 Å². The highest BCUT2D eigenvalue weighted by Gasteiger charge is 2.12. The second-order valence-electron chi connectivity index (χ2n) is 4.23. The van der Waals surface area contributed by atoms with E-state index in [9.17, 15) is 10.1 Å². The normalized spacial score (nSPS) is 10.9. The van der Waals surface area contributed by atoms with Crippen molar-refractivity contribution in [3.05, 3.63) is 63.3 Å². The molecule has 0 aliphatic carbocycles. The summed E-state index contributed by atoms with van der Waals surface area (Å²) in [5.41, 5.74) is 1.48. The van der Waals surface area contributed by atoms with Gasteiger partial charge in [-0.15, -0.1) is 10.2 Å². The number of thioether (sulfide) groups is 1. The Kier molecular flexibility index (Phi) is 3.76. The second-order valence-corrected chi connectivity index (χ2v) is 5.58. The van der Waals surface area contributed by atoms with Crippen molar-refractivity contribution in [1.29, 1.82) is 0 Å². The minimum Gasteiger partial charge on any atom is -0.277 e. The van der Waals surface area contributed by atoms with Crippen LogP contribution < -0.4 is 0 Å². The molecule has 1 aromatic carbocycles. The van der Waals surface area contributed by atoms with Crippen molar-refractivity contribution in [3.63, 3.8) is 0 Å². The van der Waals surface area contributed by atoms with Crippen molar-refractivity contribution in [2.45, 2.75) is 10.9 Å². The molecular weight excluding hydrogens is 312 g/mol. The van der Waals surface area contributed by atoms with Crippen LogP contribution in [0.4, 0.5) is 5.69 Å². The quantitative estimate of drug-likeness (QED) is 0.417. The van der Waals surface area contributed by atoms with Crippen LogP contribution in [0.15, 0.2) is 47.8 Å². The molecule has 0 fully saturated rings. The molecule has 0 N–H and O–H groups in total. The number of non-ortho nitro benzene ring substituents is 1. The third-order valence-corrected chi connectivity index (χ3v) is 4.24. The molecule has 0 radical (unpaired) electrons. The van der Waals surface area contributed by atoms with E-state index in [0.29, 0.717) is 21.5 Å². The number of halogens is 1. The molecule has 2 aromatic heterocycles. The van der Waals surface area contributed by atoms with E-state index >= 15 is 0 Å². The van der Waals surface area contributed by atoms with E-state index in [1.165, 1.54) is 30.0 Å². The van der Waals surface area contributed by atoms with Crippen molar-refractivity contribution < 1.29 is 4.92 Å². The molecule has 0 spiro atoms. The molecule has 0 bridgehead atoms. The van der Waals surface area contributed by atoms with Crippen LogP contribution in [0.1, 0.15) is 5.56 Å². The van der Waals surface area contributed by atoms with Gasteiger partial charge in [-0.2, -0.15) is 0 Å². The molecule has 0 aliphatic heterocycles. The Labute approximate surface area is 128 Å². The number of pyridine rings is 1. The summed E-state index contributed by atoms with van der Waals surface area (Å²) in [5, 5.41) is 20.2. The lowest BCUT2D eigenvalue weighted by Crippen LogP contribution is -1.92. The highest BCUT2D eigenvalue weighted by atomic mass is 35.5. The number of hydrogen-bond donors (Lipinski definition) is 0. The summed E-state index contributed by atoms with van der Waals surface area (Å²) in [6, 6.07) is 10.0. The van der Waals surface area contributed by atoms with E-state index in [-0.39, 0.29) is 5.69 Å². The van der Waals surface area contributed by atoms with E-state index < -0.39 is 4.92 Å². The summed E-state index contributed by atoms with van der Waals surface area (Å²) >= 11 is 7.51. The topological polar surface area (TPSA) is 73.3 Å². The minimum absolute atomic E-state index is 0.0288. The van der Waals surface area contributed by atoms with Crippen LogP contribution in [-0.4, -0.2) is 19.5 Å². The van der Waals surface area contributed by atoms with E-state index in [0.717, 1.165) is 5.65 Å². The molecule has 0 amide bonds. The number of benzene rings is 1. The van der Waals surface area contributed by atoms with Gasteiger partial charge < -0.3 is 0 Å². The summed E-state index contributed by atoms with van der Waals surface area (Å²) in [6.45, 7) is 0. The average molecular weight is 321 g/mol. The standard InChI is InChI=1S/C13H9ClN4O2S/c14-11-5-4-10(18(19)20)7-9(11)8-21-13-16-15-12-3-1-2-6-17(12)13/h1-7H,8H2. The molecule has 21 heavy (non-hydrogen) atoms. The number of nitrogens with zero attached hydrogens (tertiary/aromatic N) is 4. The molecule has 0 aliphatic rings. The first-order valence-electron chi connectivity index (χ1n) is 6.00. The van der Waals surface area contributed by atoms with Gasteiger partial charge >= 0.3 is 0 Å². The second kappa shape index (κ2) is 5.71. The maximum Gasteiger partial charge on any atom is 0.269 e. The minimum atomic E-state index is -0.434. The molecule has 6 nitrogen and oxygen atoms in total. The highest BCUT2D eigenvalue weighted by molar-refractivity contribution is 7.98. The Morgan fingerprint density at radius 1 is 1.29 bits per heavy atom. The fourth-order valence-electron chi connectivity index (χ4n) is 1.85. The Balaban J connectivity index is 1.84. The number of rotatable bonds is 4. The van der Waals surface area contributed by atoms with Gasteiger partial charge in [-0.3, -0.25) is 14.5 Å². The maximum absolute atomic E-state index is 10.8. The molecule has 3 rings (SSSR count). The zero-order valence-electron chi connectivity index (χ0n) is 10.6. The molecule has 8 heteroatoms. The number of nitro benzene ring substituents is 1. The van der Waals surface area contributed by atoms with Crippen LogP contribution in [0, 0.1) is 10.1 Å². The first-order valence-corrected chi connectivity index (χ1v) is 7.37. The lowest BCUT2D eigenvalue weighted by atomic mass is 10.2. The summed E-state index contributed by atoms with van der Waals surface area (Å²) in [6.07, 6.45) is 1.87. The van der Waals surface area contributed by atoms with Gasteiger partial charge in [0.15, 0.2) is 10.8 Å². The number of nitro groups is 1. The predicted molar refractivity (Wildman–Crippen MR) is 80.7 cm³/mol. The third-order valence-electron chi connectivity index (χ3n) is 2.88. The van der Waals surface area contributed by atoms with Gasteiger partial charge in [0, 0.05) is 29.1 Å². The summed E-state index contributed by atoms with van der Waals surface area (Å²) in [5.74, 6) is 0.482. The smallest absolute Gasteiger partial charge is 0.269 e. The highest BCUT2D eigenvalue weighted by Crippen LogP contribution is 2.28. The van der Waals surface area contributed by atoms with Gasteiger partial charge in [-0.25, -0.2) is 0 Å². The van der Waals surface area contributed by atoms with Gasteiger partial charge in [0.25, 0.3) is 5.69 Å². The molecule has 0 saturated heterocycles. The third kappa shape index (κ3) is 2.84. The largest absolute Gasteiger partial charge is 0.277 e. The Morgan fingerprint density at radius 2 is 2.14 bits per heavy atom. The molecule has 0 saturated carbocycles. The number of hydrogen-bond acceptors (Lipinski definition) is 5. The first kappa shape index (κ1) is 13.8. The predicted octanol–water partition coefficient (Wildman–Crippen LogP) is 3.58. The summed E-state index contributed by atoms with van der Waals surface area (Å²) in [4.78, 5) is 10.4. The fraction of sp³-hybridized carbons (Fsp3) is 0.0769. The molecule has 106 valence electrons. The maximum atomic E-state index is 10.8. The van der Waals surface area contributed by atoms with Gasteiger partial charge in [0.1, 0.15) is 0 Å². The van der Waals surface area contributed by atoms with Gasteiger partial charge in [0.05, 0.1) is 4.92 Å². The fourth-order valence-corrected chi connectivity index (χ4v) is 3.02. The molecule has 3 aromatic rings. The zero-order chi connectivity index (χ0) is 14.8. The van der Waals surface area contributed by atoms with Crippen LogP contribution in [0.3, 0.4) is 0 Å². The number of fused-ring (bicyclic) bond motifs is 1. The monoisotopic (exact) mass is 320 g/mol. The zero-order valence-corrected chi connectivity index (χ0v) is 12.2. The van der Waals surface area contributed by atoms with Crippen LogP contribution in [0.5, 0.6) is 0 Å². The molecule has 2 heterocycles. The first-order chi connectivity index (χ1) is 10.1. The van der Waals surface area contributed by atoms with Crippen LogP contribution in [0.25, 0.3) is 5.65 Å². The molecule has 0 unspecified atom stereocenters. The van der Waals surface area contributed by atoms with Gasteiger partial charge in [-0.1, -0.05) is 29.4 Å². The Bertz CT molecular complexity index is 821. The van der Waals surface area contributed by atoms with Gasteiger partial charge in [-0.05, 0) is 23.8 Å². The van der Waals surface area contributed by atoms with E-state index in [1.54, 1.807) is 0 Å². The Morgan fingerprint density at radius 3 is 2.95 bits per heavy atom.